The molecule has 0 atom stereocenters. The van der Waals surface area contributed by atoms with Gasteiger partial charge in [-0.25, -0.2) is 0 Å². The minimum Gasteiger partial charge on any atom is -0.497 e. The molecule has 7 rings (SSSR count). The highest BCUT2D eigenvalue weighted by molar-refractivity contribution is 14.1. The molecule has 3 aliphatic carbocycles. The van der Waals surface area contributed by atoms with Gasteiger partial charge < -0.3 is 23.5 Å². The molecule has 2 aromatic carbocycles. The Morgan fingerprint density at radius 1 is 1.02 bits per heavy atom. The molecule has 0 amide bonds. The summed E-state index contributed by atoms with van der Waals surface area (Å²) >= 11 is 2.29. The molecule has 7 nitrogen and oxygen atoms in total. The fourth-order valence-corrected chi connectivity index (χ4v) is 7.29. The van der Waals surface area contributed by atoms with Gasteiger partial charge in [0.15, 0.2) is 12.4 Å². The number of hydrogen-bond donors (Lipinski definition) is 0. The van der Waals surface area contributed by atoms with E-state index < -0.39 is 11.7 Å². The van der Waals surface area contributed by atoms with Crippen molar-refractivity contribution in [3.63, 3.8) is 0 Å². The van der Waals surface area contributed by atoms with Crippen LogP contribution in [0.4, 0.5) is 13.2 Å². The Bertz CT molecular complexity index is 1610. The second kappa shape index (κ2) is 11.0. The molecule has 4 aromatic rings. The van der Waals surface area contributed by atoms with Crippen molar-refractivity contribution in [3.8, 4) is 22.8 Å². The predicted molar refractivity (Wildman–Crippen MR) is 159 cm³/mol. The summed E-state index contributed by atoms with van der Waals surface area (Å²) in [5.74, 6) is 0.874. The van der Waals surface area contributed by atoms with Crippen molar-refractivity contribution in [1.82, 2.24) is 14.8 Å². The number of methoxy groups -OCH3 is 2. The molecule has 2 aromatic heterocycles. The highest BCUT2D eigenvalue weighted by Gasteiger charge is 2.59. The third-order valence-electron chi connectivity index (χ3n) is 8.51. The van der Waals surface area contributed by atoms with Crippen LogP contribution in [0.3, 0.4) is 0 Å². The molecule has 0 unspecified atom stereocenters. The number of nitrogens with zero attached hydrogens (tertiary/aromatic N) is 3. The van der Waals surface area contributed by atoms with Gasteiger partial charge in [0.25, 0.3) is 0 Å². The minimum absolute atomic E-state index is 0.0518. The van der Waals surface area contributed by atoms with Crippen molar-refractivity contribution in [2.75, 3.05) is 21.0 Å². The maximum Gasteiger partial charge on any atom is 0.416 e. The molecule has 2 heterocycles. The van der Waals surface area contributed by atoms with Crippen LogP contribution in [0.1, 0.15) is 48.8 Å². The standard InChI is InChI=1S/C31H31F3IN3O4/c1-19-11-21(31(32,33)34)12-26(41-18-39-2)27(19)25-13-23-24(35)14-38(28(23)37-36-25)29-9-4-10-30(16-29,17-29)42-15-20-5-7-22(40-3)8-6-20/h5-8,11-14H,4,9-10,15-18H2,1-3H3. The van der Waals surface area contributed by atoms with Gasteiger partial charge >= 0.3 is 6.18 Å². The Morgan fingerprint density at radius 2 is 1.79 bits per heavy atom. The number of fused-ring (bicyclic) bond motifs is 3. The van der Waals surface area contributed by atoms with Crippen molar-refractivity contribution in [2.24, 2.45) is 0 Å². The maximum absolute atomic E-state index is 13.5. The fourth-order valence-electron chi connectivity index (χ4n) is 6.61. The van der Waals surface area contributed by atoms with Crippen LogP contribution in [0.2, 0.25) is 0 Å². The molecule has 222 valence electrons. The Hall–Kier alpha value is -2.90. The van der Waals surface area contributed by atoms with Crippen LogP contribution in [0.25, 0.3) is 22.3 Å². The van der Waals surface area contributed by atoms with Crippen LogP contribution in [-0.4, -0.2) is 41.4 Å². The average Bonchev–Trinajstić information content (AvgIpc) is 3.30. The molecule has 3 fully saturated rings. The lowest BCUT2D eigenvalue weighted by atomic mass is 9.56. The fraction of sp³-hybridized carbons (Fsp3) is 0.419. The number of rotatable bonds is 9. The van der Waals surface area contributed by atoms with E-state index in [9.17, 15) is 13.2 Å². The Balaban J connectivity index is 1.29. The van der Waals surface area contributed by atoms with E-state index in [4.69, 9.17) is 18.9 Å². The van der Waals surface area contributed by atoms with E-state index in [0.29, 0.717) is 23.4 Å². The van der Waals surface area contributed by atoms with Crippen molar-refractivity contribution >= 4 is 33.6 Å². The summed E-state index contributed by atoms with van der Waals surface area (Å²) in [5.41, 5.74) is 2.11. The zero-order valence-corrected chi connectivity index (χ0v) is 25.7. The number of aryl methyl sites for hydroxylation is 1. The lowest BCUT2D eigenvalue weighted by molar-refractivity contribution is -0.197. The van der Waals surface area contributed by atoms with E-state index in [1.54, 1.807) is 14.0 Å². The van der Waals surface area contributed by atoms with Gasteiger partial charge in [0.2, 0.25) is 0 Å². The maximum atomic E-state index is 13.5. The summed E-state index contributed by atoms with van der Waals surface area (Å²) in [4.78, 5) is 0. The highest BCUT2D eigenvalue weighted by Crippen LogP contribution is 2.59. The summed E-state index contributed by atoms with van der Waals surface area (Å²) in [5, 5.41) is 10.0. The lowest BCUT2D eigenvalue weighted by Gasteiger charge is -2.60. The van der Waals surface area contributed by atoms with Gasteiger partial charge in [-0.05, 0) is 90.2 Å². The Labute approximate surface area is 255 Å². The molecule has 0 spiro atoms. The van der Waals surface area contributed by atoms with Crippen molar-refractivity contribution in [3.05, 3.63) is 68.9 Å². The lowest BCUT2D eigenvalue weighted by Crippen LogP contribution is -2.62. The molecule has 3 aliphatic rings. The van der Waals surface area contributed by atoms with Gasteiger partial charge in [0.1, 0.15) is 11.5 Å². The first-order valence-electron chi connectivity index (χ1n) is 13.7. The van der Waals surface area contributed by atoms with Crippen LogP contribution < -0.4 is 9.47 Å². The smallest absolute Gasteiger partial charge is 0.416 e. The molecule has 0 saturated heterocycles. The first-order valence-corrected chi connectivity index (χ1v) is 14.8. The van der Waals surface area contributed by atoms with E-state index in [1.807, 2.05) is 30.3 Å². The quantitative estimate of drug-likeness (QED) is 0.133. The normalized spacial score (nSPS) is 21.8. The van der Waals surface area contributed by atoms with E-state index in [2.05, 4.69) is 43.6 Å². The number of aromatic nitrogens is 3. The SMILES string of the molecule is COCOc1cc(C(F)(F)F)cc(C)c1-c1cc2c(I)cn(C34CCCC(OCc5ccc(OC)cc5)(C3)C4)c2nn1. The molecule has 0 aliphatic heterocycles. The van der Waals surface area contributed by atoms with Gasteiger partial charge in [-0.15, -0.1) is 10.2 Å². The average molecular weight is 694 g/mol. The molecule has 11 heteroatoms. The van der Waals surface area contributed by atoms with Crippen LogP contribution in [0.15, 0.2) is 48.7 Å². The number of ether oxygens (including phenoxy) is 4. The molecule has 3 saturated carbocycles. The van der Waals surface area contributed by atoms with E-state index in [1.165, 1.54) is 7.11 Å². The largest absolute Gasteiger partial charge is 0.497 e. The zero-order chi connectivity index (χ0) is 29.7. The number of alkyl halides is 3. The third kappa shape index (κ3) is 5.24. The molecular formula is C31H31F3IN3O4. The van der Waals surface area contributed by atoms with E-state index in [0.717, 1.165) is 70.2 Å². The van der Waals surface area contributed by atoms with Gasteiger partial charge in [-0.3, -0.25) is 0 Å². The van der Waals surface area contributed by atoms with Crippen molar-refractivity contribution < 1.29 is 32.1 Å². The van der Waals surface area contributed by atoms with Crippen LogP contribution in [0, 0.1) is 10.5 Å². The van der Waals surface area contributed by atoms with Crippen LogP contribution in [-0.2, 0) is 27.8 Å². The van der Waals surface area contributed by atoms with Crippen LogP contribution in [0.5, 0.6) is 11.5 Å². The van der Waals surface area contributed by atoms with Gasteiger partial charge in [-0.1, -0.05) is 12.1 Å². The first kappa shape index (κ1) is 29.2. The molecule has 0 radical (unpaired) electrons. The molecule has 2 bridgehead atoms. The monoisotopic (exact) mass is 693 g/mol. The minimum atomic E-state index is -4.51. The second-order valence-corrected chi connectivity index (χ2v) is 12.4. The van der Waals surface area contributed by atoms with E-state index >= 15 is 0 Å². The third-order valence-corrected chi connectivity index (χ3v) is 9.37. The van der Waals surface area contributed by atoms with Crippen molar-refractivity contribution in [2.45, 2.75) is 63.0 Å². The first-order chi connectivity index (χ1) is 20.1. The summed E-state index contributed by atoms with van der Waals surface area (Å²) in [6.07, 6.45) is 2.50. The topological polar surface area (TPSA) is 67.6 Å². The Kier molecular flexibility index (Phi) is 7.63. The Morgan fingerprint density at radius 3 is 2.48 bits per heavy atom. The van der Waals surface area contributed by atoms with Crippen molar-refractivity contribution in [1.29, 1.82) is 0 Å². The summed E-state index contributed by atoms with van der Waals surface area (Å²) in [6, 6.07) is 11.9. The highest BCUT2D eigenvalue weighted by atomic mass is 127. The number of benzene rings is 2. The molecular weight excluding hydrogens is 662 g/mol. The number of halogens is 4. The summed E-state index contributed by atoms with van der Waals surface area (Å²) in [7, 11) is 3.07. The predicted octanol–water partition coefficient (Wildman–Crippen LogP) is 7.65. The van der Waals surface area contributed by atoms with Gasteiger partial charge in [0, 0.05) is 40.7 Å². The molecule has 0 N–H and O–H groups in total. The number of hydrogen-bond acceptors (Lipinski definition) is 6. The van der Waals surface area contributed by atoms with Crippen LogP contribution >= 0.6 is 22.6 Å². The van der Waals surface area contributed by atoms with Gasteiger partial charge in [-0.2, -0.15) is 13.2 Å². The zero-order valence-electron chi connectivity index (χ0n) is 23.6. The molecule has 42 heavy (non-hydrogen) atoms. The summed E-state index contributed by atoms with van der Waals surface area (Å²) < 4.78 is 66.2. The second-order valence-electron chi connectivity index (χ2n) is 11.3. The van der Waals surface area contributed by atoms with Gasteiger partial charge in [0.05, 0.1) is 36.1 Å². The summed E-state index contributed by atoms with van der Waals surface area (Å²) in [6.45, 7) is 1.97. The van der Waals surface area contributed by atoms with E-state index in [-0.39, 0.29) is 23.7 Å².